The van der Waals surface area contributed by atoms with E-state index in [2.05, 4.69) is 9.71 Å². The topological polar surface area (TPSA) is 117 Å². The maximum absolute atomic E-state index is 13.0. The number of carbonyl (C=O) groups excluding carboxylic acids is 1. The standard InChI is InChI=1S/C25H27N3O5S.ClH/c1-16-6-13-22(34(32,33)27-25(2,3)4)20(14-16)18-9-12-21(26-15-18)23(29)28(5)19-10-7-17(8-11-19)24(30)31;/h6-15,27H,1-5H3,(H,30,31);1H. The fraction of sp³-hybridized carbons (Fsp3) is 0.240. The Morgan fingerprint density at radius 2 is 1.63 bits per heavy atom. The Kier molecular flexibility index (Phi) is 8.43. The molecule has 2 N–H and O–H groups in total. The van der Waals surface area contributed by atoms with Gasteiger partial charge in [-0.2, -0.15) is 0 Å². The zero-order valence-electron chi connectivity index (χ0n) is 20.1. The molecule has 0 aliphatic carbocycles. The molecular formula is C25H28ClN3O5S. The number of rotatable bonds is 6. The van der Waals surface area contributed by atoms with Crippen LogP contribution < -0.4 is 9.62 Å². The molecule has 35 heavy (non-hydrogen) atoms. The molecule has 0 aliphatic rings. The number of aryl methyl sites for hydroxylation is 1. The Morgan fingerprint density at radius 1 is 1.00 bits per heavy atom. The molecule has 0 unspecified atom stereocenters. The van der Waals surface area contributed by atoms with Gasteiger partial charge in [-0.3, -0.25) is 9.78 Å². The predicted octanol–water partition coefficient (Wildman–Crippen LogP) is 4.53. The first-order valence-corrected chi connectivity index (χ1v) is 12.0. The summed E-state index contributed by atoms with van der Waals surface area (Å²) in [6.45, 7) is 7.18. The minimum atomic E-state index is -3.79. The quantitative estimate of drug-likeness (QED) is 0.496. The van der Waals surface area contributed by atoms with Crippen molar-refractivity contribution in [2.45, 2.75) is 38.1 Å². The van der Waals surface area contributed by atoms with E-state index in [4.69, 9.17) is 5.11 Å². The van der Waals surface area contributed by atoms with Gasteiger partial charge in [-0.15, -0.1) is 12.4 Å². The number of pyridine rings is 1. The zero-order valence-corrected chi connectivity index (χ0v) is 21.7. The normalized spacial score (nSPS) is 11.5. The van der Waals surface area contributed by atoms with E-state index in [1.54, 1.807) is 64.2 Å². The average Bonchev–Trinajstić information content (AvgIpc) is 2.76. The number of nitrogens with one attached hydrogen (secondary N) is 1. The van der Waals surface area contributed by atoms with Gasteiger partial charge in [0, 0.05) is 35.6 Å². The van der Waals surface area contributed by atoms with Crippen LogP contribution in [0.4, 0.5) is 5.69 Å². The summed E-state index contributed by atoms with van der Waals surface area (Å²) in [6.07, 6.45) is 1.47. The number of aromatic nitrogens is 1. The van der Waals surface area contributed by atoms with Crippen LogP contribution in [0.15, 0.2) is 65.7 Å². The van der Waals surface area contributed by atoms with Crippen LogP contribution in [0, 0.1) is 6.92 Å². The maximum atomic E-state index is 13.0. The van der Waals surface area contributed by atoms with E-state index in [1.165, 1.54) is 29.3 Å². The van der Waals surface area contributed by atoms with Crippen molar-refractivity contribution in [2.24, 2.45) is 0 Å². The minimum Gasteiger partial charge on any atom is -0.478 e. The Balaban J connectivity index is 0.00000432. The SMILES string of the molecule is Cc1ccc(S(=O)(=O)NC(C)(C)C)c(-c2ccc(C(=O)N(C)c3ccc(C(=O)O)cc3)nc2)c1.Cl. The molecule has 10 heteroatoms. The first-order chi connectivity index (χ1) is 15.8. The second kappa shape index (κ2) is 10.6. The number of nitrogens with zero attached hydrogens (tertiary/aromatic N) is 2. The first kappa shape index (κ1) is 28.0. The summed E-state index contributed by atoms with van der Waals surface area (Å²) in [5, 5.41) is 9.03. The number of carboxylic acids is 1. The number of sulfonamides is 1. The molecule has 1 amide bonds. The molecule has 0 saturated heterocycles. The maximum Gasteiger partial charge on any atom is 0.335 e. The Labute approximate surface area is 211 Å². The third-order valence-electron chi connectivity index (χ3n) is 4.96. The van der Waals surface area contributed by atoms with Crippen LogP contribution in [-0.2, 0) is 10.0 Å². The van der Waals surface area contributed by atoms with Gasteiger partial charge in [0.15, 0.2) is 0 Å². The highest BCUT2D eigenvalue weighted by atomic mass is 35.5. The average molecular weight is 518 g/mol. The largest absolute Gasteiger partial charge is 0.478 e. The number of halogens is 1. The molecule has 3 aromatic rings. The lowest BCUT2D eigenvalue weighted by Crippen LogP contribution is -2.40. The number of benzene rings is 2. The molecule has 0 aliphatic heterocycles. The van der Waals surface area contributed by atoms with Gasteiger partial charge in [0.25, 0.3) is 5.91 Å². The van der Waals surface area contributed by atoms with E-state index in [0.717, 1.165) is 5.56 Å². The molecule has 186 valence electrons. The van der Waals surface area contributed by atoms with E-state index in [0.29, 0.717) is 16.8 Å². The fourth-order valence-electron chi connectivity index (χ4n) is 3.36. The van der Waals surface area contributed by atoms with Crippen molar-refractivity contribution in [1.29, 1.82) is 0 Å². The van der Waals surface area contributed by atoms with E-state index in [1.807, 2.05) is 6.92 Å². The summed E-state index contributed by atoms with van der Waals surface area (Å²) in [5.41, 5.74) is 2.08. The third-order valence-corrected chi connectivity index (χ3v) is 6.78. The number of amides is 1. The van der Waals surface area contributed by atoms with Crippen molar-refractivity contribution in [3.05, 3.63) is 77.6 Å². The van der Waals surface area contributed by atoms with Gasteiger partial charge in [-0.05, 0) is 64.1 Å². The Hall–Kier alpha value is -3.27. The highest BCUT2D eigenvalue weighted by molar-refractivity contribution is 7.89. The summed E-state index contributed by atoms with van der Waals surface area (Å²) in [7, 11) is -2.23. The second-order valence-corrected chi connectivity index (χ2v) is 10.7. The molecule has 1 heterocycles. The fourth-order valence-corrected chi connectivity index (χ4v) is 4.99. The Morgan fingerprint density at radius 3 is 2.14 bits per heavy atom. The lowest BCUT2D eigenvalue weighted by atomic mass is 10.0. The van der Waals surface area contributed by atoms with Crippen molar-refractivity contribution < 1.29 is 23.1 Å². The molecule has 0 saturated carbocycles. The van der Waals surface area contributed by atoms with Gasteiger partial charge in [-0.25, -0.2) is 17.9 Å². The van der Waals surface area contributed by atoms with Crippen molar-refractivity contribution in [3.8, 4) is 11.1 Å². The highest BCUT2D eigenvalue weighted by Crippen LogP contribution is 2.29. The third kappa shape index (κ3) is 6.66. The van der Waals surface area contributed by atoms with Crippen LogP contribution in [0.5, 0.6) is 0 Å². The molecule has 0 spiro atoms. The highest BCUT2D eigenvalue weighted by Gasteiger charge is 2.25. The number of carboxylic acid groups (broad SMARTS) is 1. The summed E-state index contributed by atoms with van der Waals surface area (Å²) >= 11 is 0. The summed E-state index contributed by atoms with van der Waals surface area (Å²) in [6, 6.07) is 14.2. The van der Waals surface area contributed by atoms with Gasteiger partial charge in [0.05, 0.1) is 10.5 Å². The van der Waals surface area contributed by atoms with Crippen LogP contribution in [0.25, 0.3) is 11.1 Å². The molecule has 8 nitrogen and oxygen atoms in total. The number of aromatic carboxylic acids is 1. The van der Waals surface area contributed by atoms with Crippen LogP contribution in [-0.4, -0.2) is 43.0 Å². The molecule has 3 rings (SSSR count). The lowest BCUT2D eigenvalue weighted by molar-refractivity contribution is 0.0696. The van der Waals surface area contributed by atoms with Crippen LogP contribution in [0.3, 0.4) is 0 Å². The van der Waals surface area contributed by atoms with Gasteiger partial charge in [0.2, 0.25) is 10.0 Å². The monoisotopic (exact) mass is 517 g/mol. The number of hydrogen-bond donors (Lipinski definition) is 2. The molecule has 0 radical (unpaired) electrons. The van der Waals surface area contributed by atoms with Gasteiger partial charge in [0.1, 0.15) is 5.69 Å². The summed E-state index contributed by atoms with van der Waals surface area (Å²) in [4.78, 5) is 29.7. The predicted molar refractivity (Wildman–Crippen MR) is 138 cm³/mol. The van der Waals surface area contributed by atoms with Crippen molar-refractivity contribution in [1.82, 2.24) is 9.71 Å². The minimum absolute atomic E-state index is 0. The number of anilines is 1. The molecule has 2 aromatic carbocycles. The molecule has 0 fully saturated rings. The van der Waals surface area contributed by atoms with E-state index >= 15 is 0 Å². The molecule has 1 aromatic heterocycles. The second-order valence-electron chi connectivity index (χ2n) is 9.00. The van der Waals surface area contributed by atoms with Crippen molar-refractivity contribution in [2.75, 3.05) is 11.9 Å². The van der Waals surface area contributed by atoms with E-state index in [-0.39, 0.29) is 34.5 Å². The summed E-state index contributed by atoms with van der Waals surface area (Å²) < 4.78 is 28.7. The lowest BCUT2D eigenvalue weighted by Gasteiger charge is -2.22. The molecule has 0 bridgehead atoms. The van der Waals surface area contributed by atoms with Crippen molar-refractivity contribution >= 4 is 40.0 Å². The van der Waals surface area contributed by atoms with E-state index in [9.17, 15) is 18.0 Å². The number of hydrogen-bond acceptors (Lipinski definition) is 5. The molecule has 0 atom stereocenters. The van der Waals surface area contributed by atoms with Crippen LogP contribution in [0.2, 0.25) is 0 Å². The van der Waals surface area contributed by atoms with Gasteiger partial charge in [-0.1, -0.05) is 23.8 Å². The smallest absolute Gasteiger partial charge is 0.335 e. The van der Waals surface area contributed by atoms with Crippen LogP contribution in [0.1, 0.15) is 47.2 Å². The van der Waals surface area contributed by atoms with Crippen LogP contribution >= 0.6 is 12.4 Å². The van der Waals surface area contributed by atoms with Crippen molar-refractivity contribution in [3.63, 3.8) is 0 Å². The number of carbonyl (C=O) groups is 2. The Bertz CT molecular complexity index is 1330. The van der Waals surface area contributed by atoms with Gasteiger partial charge >= 0.3 is 5.97 Å². The summed E-state index contributed by atoms with van der Waals surface area (Å²) in [5.74, 6) is -1.44. The van der Waals surface area contributed by atoms with E-state index < -0.39 is 21.5 Å². The van der Waals surface area contributed by atoms with Gasteiger partial charge < -0.3 is 10.0 Å². The first-order valence-electron chi connectivity index (χ1n) is 10.5. The molecular weight excluding hydrogens is 490 g/mol. The zero-order chi connectivity index (χ0) is 25.3.